The van der Waals surface area contributed by atoms with Crippen molar-refractivity contribution in [1.82, 2.24) is 14.5 Å². The summed E-state index contributed by atoms with van der Waals surface area (Å²) in [5.74, 6) is -4.37. The molecule has 5 rings (SSSR count). The van der Waals surface area contributed by atoms with Gasteiger partial charge in [0.25, 0.3) is 5.56 Å². The van der Waals surface area contributed by atoms with E-state index in [4.69, 9.17) is 16.4 Å². The van der Waals surface area contributed by atoms with Crippen molar-refractivity contribution in [3.8, 4) is 16.9 Å². The Morgan fingerprint density at radius 3 is 2.44 bits per heavy atom. The number of aryl methyl sites for hydroxylation is 2. The highest BCUT2D eigenvalue weighted by atomic mass is 35.5. The topological polar surface area (TPSA) is 88.7 Å². The summed E-state index contributed by atoms with van der Waals surface area (Å²) in [5.41, 5.74) is -0.569. The molecule has 3 heterocycles. The first-order valence-electron chi connectivity index (χ1n) is 11.7. The van der Waals surface area contributed by atoms with Crippen LogP contribution in [-0.4, -0.2) is 25.0 Å². The monoisotopic (exact) mass is 576 g/mol. The van der Waals surface area contributed by atoms with Gasteiger partial charge in [0.15, 0.2) is 5.82 Å². The molecule has 0 saturated heterocycles. The Hall–Kier alpha value is -3.57. The third-order valence-electron chi connectivity index (χ3n) is 6.78. The van der Waals surface area contributed by atoms with Crippen LogP contribution < -0.4 is 5.56 Å². The lowest BCUT2D eigenvalue weighted by Gasteiger charge is -2.18. The van der Waals surface area contributed by atoms with E-state index in [-0.39, 0.29) is 33.4 Å². The molecular weight excluding hydrogens is 556 g/mol. The van der Waals surface area contributed by atoms with Crippen LogP contribution in [0.3, 0.4) is 0 Å². The summed E-state index contributed by atoms with van der Waals surface area (Å²) >= 11 is 6.47. The van der Waals surface area contributed by atoms with Gasteiger partial charge < -0.3 is 0 Å². The standard InChI is InChI=1S/C27H21ClF4N4O2S/c1-12-10-34-25(15-5-4-6-20(22(15)31)39(3,33)38)23(32)26(12)36-13(2)7-17(21(28)27(36)37)16-9-18(16)24-19(30)8-14(29)11-35-24/h4-8,10-11,16,18,33H,9H2,1-3H3/t16-,18+,39?/m1/s1. The maximum Gasteiger partial charge on any atom is 0.274 e. The van der Waals surface area contributed by atoms with Gasteiger partial charge >= 0.3 is 0 Å². The van der Waals surface area contributed by atoms with Crippen molar-refractivity contribution >= 4 is 21.3 Å². The molecule has 0 amide bonds. The minimum Gasteiger partial charge on any atom is -0.277 e. The van der Waals surface area contributed by atoms with Crippen LogP contribution in [-0.2, 0) is 9.73 Å². The van der Waals surface area contributed by atoms with Crippen LogP contribution in [0.2, 0.25) is 5.02 Å². The van der Waals surface area contributed by atoms with Crippen LogP contribution >= 0.6 is 11.6 Å². The summed E-state index contributed by atoms with van der Waals surface area (Å²) in [7, 11) is -3.45. The van der Waals surface area contributed by atoms with Crippen molar-refractivity contribution in [2.24, 2.45) is 0 Å². The first kappa shape index (κ1) is 27.0. The summed E-state index contributed by atoms with van der Waals surface area (Å²) in [6, 6.07) is 6.13. The summed E-state index contributed by atoms with van der Waals surface area (Å²) in [5, 5.41) is -0.194. The lowest BCUT2D eigenvalue weighted by Crippen LogP contribution is -2.24. The Kier molecular flexibility index (Phi) is 6.62. The van der Waals surface area contributed by atoms with E-state index in [1.54, 1.807) is 13.0 Å². The maximum absolute atomic E-state index is 16.0. The molecule has 12 heteroatoms. The number of nitrogens with zero attached hydrogens (tertiary/aromatic N) is 3. The van der Waals surface area contributed by atoms with Gasteiger partial charge in [0.05, 0.1) is 32.2 Å². The first-order valence-corrected chi connectivity index (χ1v) is 14.1. The van der Waals surface area contributed by atoms with Gasteiger partial charge in [0.1, 0.15) is 28.2 Å². The van der Waals surface area contributed by atoms with E-state index in [1.807, 2.05) is 0 Å². The molecule has 0 aliphatic heterocycles. The van der Waals surface area contributed by atoms with E-state index in [9.17, 15) is 17.8 Å². The second-order valence-corrected chi connectivity index (χ2v) is 12.1. The number of halogens is 5. The van der Waals surface area contributed by atoms with Crippen LogP contribution in [0.15, 0.2) is 52.4 Å². The van der Waals surface area contributed by atoms with Gasteiger partial charge in [-0.3, -0.25) is 19.3 Å². The predicted molar refractivity (Wildman–Crippen MR) is 139 cm³/mol. The molecule has 0 radical (unpaired) electrons. The molecule has 1 saturated carbocycles. The highest BCUT2D eigenvalue weighted by molar-refractivity contribution is 7.91. The third kappa shape index (κ3) is 4.63. The summed E-state index contributed by atoms with van der Waals surface area (Å²) in [6.45, 7) is 3.10. The molecule has 3 atom stereocenters. The summed E-state index contributed by atoms with van der Waals surface area (Å²) in [6.07, 6.45) is 3.69. The molecule has 0 bridgehead atoms. The van der Waals surface area contributed by atoms with E-state index >= 15 is 8.78 Å². The van der Waals surface area contributed by atoms with Gasteiger partial charge in [-0.15, -0.1) is 0 Å². The van der Waals surface area contributed by atoms with Crippen molar-refractivity contribution < 1.29 is 21.8 Å². The molecule has 202 valence electrons. The Bertz CT molecular complexity index is 1840. The molecule has 39 heavy (non-hydrogen) atoms. The molecule has 3 aromatic heterocycles. The number of rotatable bonds is 5. The van der Waals surface area contributed by atoms with Crippen molar-refractivity contribution in [1.29, 1.82) is 4.78 Å². The van der Waals surface area contributed by atoms with Gasteiger partial charge in [0, 0.05) is 35.7 Å². The maximum atomic E-state index is 16.0. The number of pyridine rings is 3. The molecule has 1 unspecified atom stereocenters. The lowest BCUT2D eigenvalue weighted by molar-refractivity contribution is 0.557. The summed E-state index contributed by atoms with van der Waals surface area (Å²) in [4.78, 5) is 21.0. The average Bonchev–Trinajstić information content (AvgIpc) is 3.63. The molecule has 1 aromatic carbocycles. The second-order valence-electron chi connectivity index (χ2n) is 9.58. The van der Waals surface area contributed by atoms with E-state index < -0.39 is 55.1 Å². The second kappa shape index (κ2) is 9.56. The number of benzene rings is 1. The zero-order valence-corrected chi connectivity index (χ0v) is 22.4. The molecule has 4 aromatic rings. The minimum absolute atomic E-state index is 0.0768. The number of aromatic nitrogens is 3. The van der Waals surface area contributed by atoms with Gasteiger partial charge in [-0.05, 0) is 55.5 Å². The Balaban J connectivity index is 1.62. The van der Waals surface area contributed by atoms with Crippen molar-refractivity contribution in [2.75, 3.05) is 6.26 Å². The predicted octanol–water partition coefficient (Wildman–Crippen LogP) is 6.43. The third-order valence-corrected chi connectivity index (χ3v) is 8.31. The average molecular weight is 577 g/mol. The molecule has 6 nitrogen and oxygen atoms in total. The first-order chi connectivity index (χ1) is 18.3. The molecular formula is C27H21ClF4N4O2S. The normalized spacial score (nSPS) is 18.2. The molecule has 1 fully saturated rings. The van der Waals surface area contributed by atoms with Crippen LogP contribution in [0, 0.1) is 41.9 Å². The number of hydrogen-bond acceptors (Lipinski definition) is 5. The Morgan fingerprint density at radius 1 is 1.05 bits per heavy atom. The van der Waals surface area contributed by atoms with Crippen molar-refractivity contribution in [2.45, 2.75) is 37.0 Å². The van der Waals surface area contributed by atoms with Crippen LogP contribution in [0.1, 0.15) is 40.8 Å². The van der Waals surface area contributed by atoms with Crippen molar-refractivity contribution in [3.63, 3.8) is 0 Å². The van der Waals surface area contributed by atoms with Gasteiger partial charge in [-0.25, -0.2) is 26.6 Å². The molecule has 1 aliphatic rings. The van der Waals surface area contributed by atoms with Crippen LogP contribution in [0.5, 0.6) is 0 Å². The highest BCUT2D eigenvalue weighted by Crippen LogP contribution is 2.55. The van der Waals surface area contributed by atoms with Gasteiger partial charge in [-0.2, -0.15) is 0 Å². The summed E-state index contributed by atoms with van der Waals surface area (Å²) < 4.78 is 79.8. The molecule has 1 N–H and O–H groups in total. The quantitative estimate of drug-likeness (QED) is 0.277. The Morgan fingerprint density at radius 2 is 1.77 bits per heavy atom. The smallest absolute Gasteiger partial charge is 0.274 e. The van der Waals surface area contributed by atoms with E-state index in [0.717, 1.165) is 23.1 Å². The zero-order chi connectivity index (χ0) is 28.4. The fourth-order valence-electron chi connectivity index (χ4n) is 4.84. The molecule has 1 aliphatic carbocycles. The highest BCUT2D eigenvalue weighted by Gasteiger charge is 2.44. The zero-order valence-electron chi connectivity index (χ0n) is 20.9. The molecule has 0 spiro atoms. The van der Waals surface area contributed by atoms with E-state index in [0.29, 0.717) is 17.7 Å². The van der Waals surface area contributed by atoms with Crippen LogP contribution in [0.4, 0.5) is 17.6 Å². The minimum atomic E-state index is -3.45. The van der Waals surface area contributed by atoms with Crippen molar-refractivity contribution in [3.05, 3.63) is 104 Å². The lowest BCUT2D eigenvalue weighted by atomic mass is 10.1. The SMILES string of the molecule is Cc1cnc(-c2cccc(S(C)(=N)=O)c2F)c(F)c1-n1c(C)cc([C@H]2C[C@@H]2c2ncc(F)cc2F)c(Cl)c1=O. The van der Waals surface area contributed by atoms with Gasteiger partial charge in [0.2, 0.25) is 0 Å². The number of hydrogen-bond donors (Lipinski definition) is 1. The van der Waals surface area contributed by atoms with Gasteiger partial charge in [-0.1, -0.05) is 17.7 Å². The van der Waals surface area contributed by atoms with E-state index in [2.05, 4.69) is 9.97 Å². The fourth-order valence-corrected chi connectivity index (χ4v) is 5.91. The van der Waals surface area contributed by atoms with E-state index in [1.165, 1.54) is 31.3 Å². The fraction of sp³-hybridized carbons (Fsp3) is 0.222. The largest absolute Gasteiger partial charge is 0.277 e. The van der Waals surface area contributed by atoms with Crippen LogP contribution in [0.25, 0.3) is 16.9 Å². The Labute approximate surface area is 226 Å². The number of nitrogens with one attached hydrogen (secondary N) is 1.